The molecule has 2 heteroatoms. The standard InChI is InChI=1S/C30H44N2/c1-27(2)17-25(18-28(3,4)31-27)23-13-9-21(10-14-23)22-11-15-24(16-12-22)26-19-29(5,6)32-30(7,8)20-26/h9-16,25-26,31-32H,17-20H2,1-8H3. The van der Waals surface area contributed by atoms with Crippen molar-refractivity contribution in [3.63, 3.8) is 0 Å². The summed E-state index contributed by atoms with van der Waals surface area (Å²) in [5.74, 6) is 1.23. The summed E-state index contributed by atoms with van der Waals surface area (Å²) >= 11 is 0. The second kappa shape index (κ2) is 7.99. The minimum absolute atomic E-state index is 0.179. The van der Waals surface area contributed by atoms with E-state index in [9.17, 15) is 0 Å². The van der Waals surface area contributed by atoms with Crippen molar-refractivity contribution in [3.05, 3.63) is 59.7 Å². The van der Waals surface area contributed by atoms with Crippen molar-refractivity contribution >= 4 is 0 Å². The fourth-order valence-corrected chi connectivity index (χ4v) is 7.01. The van der Waals surface area contributed by atoms with Gasteiger partial charge in [0.25, 0.3) is 0 Å². The van der Waals surface area contributed by atoms with Crippen LogP contribution in [0.3, 0.4) is 0 Å². The SMILES string of the molecule is CC1(C)CC(c2ccc(-c3ccc(C4CC(C)(C)NC(C)(C)C4)cc3)cc2)CC(C)(C)N1. The van der Waals surface area contributed by atoms with Gasteiger partial charge in [0.2, 0.25) is 0 Å². The van der Waals surface area contributed by atoms with Crippen LogP contribution in [-0.4, -0.2) is 22.2 Å². The van der Waals surface area contributed by atoms with E-state index >= 15 is 0 Å². The predicted octanol–water partition coefficient (Wildman–Crippen LogP) is 7.40. The molecule has 0 spiro atoms. The van der Waals surface area contributed by atoms with Crippen LogP contribution in [0.1, 0.15) is 104 Å². The number of piperidine rings is 2. The molecule has 0 amide bonds. The van der Waals surface area contributed by atoms with E-state index in [1.807, 2.05) is 0 Å². The smallest absolute Gasteiger partial charge is 0.0135 e. The van der Waals surface area contributed by atoms with Gasteiger partial charge in [-0.3, -0.25) is 0 Å². The van der Waals surface area contributed by atoms with Crippen LogP contribution in [0.4, 0.5) is 0 Å². The molecule has 2 aliphatic rings. The lowest BCUT2D eigenvalue weighted by Crippen LogP contribution is -2.57. The van der Waals surface area contributed by atoms with Gasteiger partial charge in [0.1, 0.15) is 0 Å². The van der Waals surface area contributed by atoms with E-state index in [2.05, 4.69) is 115 Å². The quantitative estimate of drug-likeness (QED) is 0.528. The molecule has 2 aromatic rings. The van der Waals surface area contributed by atoms with Crippen molar-refractivity contribution in [2.45, 2.75) is 115 Å². The van der Waals surface area contributed by atoms with Crippen LogP contribution in [0, 0.1) is 0 Å². The van der Waals surface area contributed by atoms with E-state index in [1.54, 1.807) is 0 Å². The normalized spacial score (nSPS) is 24.9. The summed E-state index contributed by atoms with van der Waals surface area (Å²) in [6, 6.07) is 18.7. The molecule has 0 unspecified atom stereocenters. The molecule has 2 N–H and O–H groups in total. The maximum absolute atomic E-state index is 3.81. The molecule has 2 aromatic carbocycles. The number of hydrogen-bond acceptors (Lipinski definition) is 2. The second-order valence-corrected chi connectivity index (χ2v) is 13.2. The third-order valence-corrected chi connectivity index (χ3v) is 7.48. The fourth-order valence-electron chi connectivity index (χ4n) is 7.01. The number of hydrogen-bond donors (Lipinski definition) is 2. The van der Waals surface area contributed by atoms with E-state index < -0.39 is 0 Å². The van der Waals surface area contributed by atoms with E-state index in [4.69, 9.17) is 0 Å². The third kappa shape index (κ3) is 5.46. The molecule has 0 bridgehead atoms. The van der Waals surface area contributed by atoms with Crippen LogP contribution in [-0.2, 0) is 0 Å². The minimum Gasteiger partial charge on any atom is -0.307 e. The van der Waals surface area contributed by atoms with Gasteiger partial charge in [-0.05, 0) is 115 Å². The van der Waals surface area contributed by atoms with E-state index in [1.165, 1.54) is 47.9 Å². The molecule has 0 aromatic heterocycles. The van der Waals surface area contributed by atoms with Crippen LogP contribution >= 0.6 is 0 Å². The zero-order chi connectivity index (χ0) is 23.4. The van der Waals surface area contributed by atoms with Crippen LogP contribution in [0.5, 0.6) is 0 Å². The highest BCUT2D eigenvalue weighted by Crippen LogP contribution is 2.41. The lowest BCUT2D eigenvalue weighted by atomic mass is 9.73. The summed E-state index contributed by atoms with van der Waals surface area (Å²) < 4.78 is 0. The molecule has 0 saturated carbocycles. The molecule has 2 nitrogen and oxygen atoms in total. The molecular formula is C30H44N2. The molecule has 32 heavy (non-hydrogen) atoms. The highest BCUT2D eigenvalue weighted by molar-refractivity contribution is 5.64. The summed E-state index contributed by atoms with van der Waals surface area (Å²) in [4.78, 5) is 0. The highest BCUT2D eigenvalue weighted by Gasteiger charge is 2.39. The second-order valence-electron chi connectivity index (χ2n) is 13.2. The number of benzene rings is 2. The first-order chi connectivity index (χ1) is 14.7. The van der Waals surface area contributed by atoms with E-state index in [0.29, 0.717) is 11.8 Å². The van der Waals surface area contributed by atoms with Gasteiger partial charge in [-0.15, -0.1) is 0 Å². The topological polar surface area (TPSA) is 24.1 Å². The summed E-state index contributed by atoms with van der Waals surface area (Å²) in [6.07, 6.45) is 4.75. The van der Waals surface area contributed by atoms with Crippen LogP contribution < -0.4 is 10.6 Å². The Balaban J connectivity index is 1.49. The van der Waals surface area contributed by atoms with E-state index in [-0.39, 0.29) is 22.2 Å². The lowest BCUT2D eigenvalue weighted by molar-refractivity contribution is 0.161. The monoisotopic (exact) mass is 432 g/mol. The summed E-state index contributed by atoms with van der Waals surface area (Å²) in [5, 5.41) is 7.61. The largest absolute Gasteiger partial charge is 0.307 e. The average Bonchev–Trinajstić information content (AvgIpc) is 2.63. The first-order valence-corrected chi connectivity index (χ1v) is 12.5. The Hall–Kier alpha value is -1.64. The Bertz CT molecular complexity index is 820. The molecule has 0 aliphatic carbocycles. The predicted molar refractivity (Wildman–Crippen MR) is 138 cm³/mol. The van der Waals surface area contributed by atoms with Gasteiger partial charge in [-0.2, -0.15) is 0 Å². The van der Waals surface area contributed by atoms with E-state index in [0.717, 1.165) is 0 Å². The van der Waals surface area contributed by atoms with Gasteiger partial charge < -0.3 is 10.6 Å². The van der Waals surface area contributed by atoms with Crippen molar-refractivity contribution in [1.82, 2.24) is 10.6 Å². The molecule has 0 atom stereocenters. The average molecular weight is 433 g/mol. The van der Waals surface area contributed by atoms with Gasteiger partial charge >= 0.3 is 0 Å². The number of nitrogens with one attached hydrogen (secondary N) is 2. The number of rotatable bonds is 3. The molecule has 2 aliphatic heterocycles. The Morgan fingerprint density at radius 2 is 0.719 bits per heavy atom. The summed E-state index contributed by atoms with van der Waals surface area (Å²) in [7, 11) is 0. The Kier molecular flexibility index (Phi) is 5.87. The van der Waals surface area contributed by atoms with Crippen molar-refractivity contribution in [3.8, 4) is 11.1 Å². The van der Waals surface area contributed by atoms with Crippen molar-refractivity contribution in [2.75, 3.05) is 0 Å². The zero-order valence-corrected chi connectivity index (χ0v) is 21.6. The maximum atomic E-state index is 3.81. The molecule has 0 radical (unpaired) electrons. The van der Waals surface area contributed by atoms with Gasteiger partial charge in [0.05, 0.1) is 0 Å². The molecule has 4 rings (SSSR count). The zero-order valence-electron chi connectivity index (χ0n) is 21.6. The first-order valence-electron chi connectivity index (χ1n) is 12.5. The Morgan fingerprint density at radius 3 is 0.969 bits per heavy atom. The van der Waals surface area contributed by atoms with Gasteiger partial charge in [-0.1, -0.05) is 48.5 Å². The lowest BCUT2D eigenvalue weighted by Gasteiger charge is -2.47. The maximum Gasteiger partial charge on any atom is 0.0135 e. The molecule has 2 saturated heterocycles. The Labute approximate surface area is 196 Å². The van der Waals surface area contributed by atoms with Gasteiger partial charge in [0, 0.05) is 22.2 Å². The first kappa shape index (κ1) is 23.5. The third-order valence-electron chi connectivity index (χ3n) is 7.48. The van der Waals surface area contributed by atoms with Crippen LogP contribution in [0.15, 0.2) is 48.5 Å². The molecular weight excluding hydrogens is 388 g/mol. The van der Waals surface area contributed by atoms with Gasteiger partial charge in [0.15, 0.2) is 0 Å². The van der Waals surface area contributed by atoms with Crippen LogP contribution in [0.25, 0.3) is 11.1 Å². The van der Waals surface area contributed by atoms with Crippen molar-refractivity contribution < 1.29 is 0 Å². The van der Waals surface area contributed by atoms with Crippen LogP contribution in [0.2, 0.25) is 0 Å². The molecule has 2 fully saturated rings. The van der Waals surface area contributed by atoms with Crippen molar-refractivity contribution in [2.24, 2.45) is 0 Å². The minimum atomic E-state index is 0.179. The van der Waals surface area contributed by atoms with Gasteiger partial charge in [-0.25, -0.2) is 0 Å². The summed E-state index contributed by atoms with van der Waals surface area (Å²) in [6.45, 7) is 18.7. The molecule has 2 heterocycles. The Morgan fingerprint density at radius 1 is 0.469 bits per heavy atom. The molecule has 174 valence electrons. The highest BCUT2D eigenvalue weighted by atomic mass is 15.1. The summed E-state index contributed by atoms with van der Waals surface area (Å²) in [5.41, 5.74) is 6.31. The fraction of sp³-hybridized carbons (Fsp3) is 0.600. The van der Waals surface area contributed by atoms with Crippen molar-refractivity contribution in [1.29, 1.82) is 0 Å².